The summed E-state index contributed by atoms with van der Waals surface area (Å²) in [6.45, 7) is 5.35. The van der Waals surface area contributed by atoms with E-state index in [-0.39, 0.29) is 12.1 Å². The highest BCUT2D eigenvalue weighted by Gasteiger charge is 2.13. The van der Waals surface area contributed by atoms with Gasteiger partial charge >= 0.3 is 0 Å². The Balaban J connectivity index is 2.05. The van der Waals surface area contributed by atoms with Crippen LogP contribution in [-0.2, 0) is 6.54 Å². The Labute approximate surface area is 145 Å². The largest absolute Gasteiger partial charge is 0.386 e. The van der Waals surface area contributed by atoms with Crippen LogP contribution < -0.4 is 5.32 Å². The zero-order chi connectivity index (χ0) is 17.5. The van der Waals surface area contributed by atoms with Crippen LogP contribution in [0, 0.1) is 12.7 Å². The van der Waals surface area contributed by atoms with E-state index in [2.05, 4.69) is 15.3 Å². The van der Waals surface area contributed by atoms with E-state index < -0.39 is 11.9 Å². The van der Waals surface area contributed by atoms with Gasteiger partial charge in [-0.15, -0.1) is 11.3 Å². The van der Waals surface area contributed by atoms with Gasteiger partial charge in [-0.3, -0.25) is 4.99 Å². The highest BCUT2D eigenvalue weighted by atomic mass is 32.1. The maximum atomic E-state index is 13.7. The Kier molecular flexibility index (Phi) is 6.69. The van der Waals surface area contributed by atoms with Crippen LogP contribution in [0.25, 0.3) is 0 Å². The first kappa shape index (κ1) is 18.4. The molecule has 0 bridgehead atoms. The number of benzene rings is 1. The zero-order valence-corrected chi connectivity index (χ0v) is 15.0. The van der Waals surface area contributed by atoms with Crippen molar-refractivity contribution in [2.24, 2.45) is 4.99 Å². The van der Waals surface area contributed by atoms with Crippen molar-refractivity contribution in [1.82, 2.24) is 15.2 Å². The number of nitrogens with zero attached hydrogens (tertiary/aromatic N) is 3. The van der Waals surface area contributed by atoms with Gasteiger partial charge in [0, 0.05) is 24.5 Å². The summed E-state index contributed by atoms with van der Waals surface area (Å²) in [5.74, 6) is 0.232. The van der Waals surface area contributed by atoms with E-state index in [4.69, 9.17) is 0 Å². The van der Waals surface area contributed by atoms with Gasteiger partial charge in [0.25, 0.3) is 0 Å². The Bertz CT molecular complexity index is 689. The van der Waals surface area contributed by atoms with Crippen LogP contribution in [0.2, 0.25) is 0 Å². The minimum Gasteiger partial charge on any atom is -0.386 e. The normalized spacial score (nSPS) is 13.0. The molecule has 0 saturated carbocycles. The summed E-state index contributed by atoms with van der Waals surface area (Å²) in [5.41, 5.74) is 1.23. The highest BCUT2D eigenvalue weighted by molar-refractivity contribution is 7.09. The number of aliphatic imine (C=N–C) groups is 1. The maximum Gasteiger partial charge on any atom is 0.194 e. The zero-order valence-electron chi connectivity index (χ0n) is 14.2. The molecule has 2 rings (SSSR count). The number of thiazole rings is 1. The molecule has 1 atom stereocenters. The van der Waals surface area contributed by atoms with E-state index in [0.717, 1.165) is 10.7 Å². The molecule has 24 heavy (non-hydrogen) atoms. The summed E-state index contributed by atoms with van der Waals surface area (Å²) in [7, 11) is 1.91. The van der Waals surface area contributed by atoms with Crippen molar-refractivity contribution in [3.8, 4) is 0 Å². The molecule has 0 amide bonds. The van der Waals surface area contributed by atoms with Crippen molar-refractivity contribution in [3.05, 3.63) is 51.7 Å². The van der Waals surface area contributed by atoms with Crippen molar-refractivity contribution >= 4 is 17.3 Å². The molecule has 130 valence electrons. The third kappa shape index (κ3) is 5.01. The molecule has 7 heteroatoms. The first-order chi connectivity index (χ1) is 11.5. The number of guanidine groups is 1. The van der Waals surface area contributed by atoms with E-state index in [1.54, 1.807) is 29.5 Å². The van der Waals surface area contributed by atoms with Crippen LogP contribution in [0.15, 0.2) is 34.6 Å². The summed E-state index contributed by atoms with van der Waals surface area (Å²) in [4.78, 5) is 10.8. The van der Waals surface area contributed by atoms with Crippen LogP contribution >= 0.6 is 11.3 Å². The molecule has 0 radical (unpaired) electrons. The number of nitrogens with one attached hydrogen (secondary N) is 1. The fourth-order valence-corrected chi connectivity index (χ4v) is 2.89. The van der Waals surface area contributed by atoms with Crippen LogP contribution in [0.4, 0.5) is 4.39 Å². The number of halogens is 1. The summed E-state index contributed by atoms with van der Waals surface area (Å²) in [6.07, 6.45) is -0.977. The Hall–Kier alpha value is -1.99. The first-order valence-electron chi connectivity index (χ1n) is 7.84. The highest BCUT2D eigenvalue weighted by Crippen LogP contribution is 2.17. The third-order valence-electron chi connectivity index (χ3n) is 3.44. The Morgan fingerprint density at radius 3 is 2.83 bits per heavy atom. The number of aromatic nitrogens is 1. The van der Waals surface area contributed by atoms with Crippen LogP contribution in [0.3, 0.4) is 0 Å². The fourth-order valence-electron chi connectivity index (χ4n) is 2.29. The smallest absolute Gasteiger partial charge is 0.194 e. The van der Waals surface area contributed by atoms with Gasteiger partial charge in [0.1, 0.15) is 11.9 Å². The number of hydrogen-bond donors (Lipinski definition) is 2. The molecule has 0 spiro atoms. The average Bonchev–Trinajstić information content (AvgIpc) is 2.96. The minimum absolute atomic E-state index is 0.0870. The lowest BCUT2D eigenvalue weighted by molar-refractivity contribution is 0.181. The van der Waals surface area contributed by atoms with Gasteiger partial charge in [-0.2, -0.15) is 0 Å². The van der Waals surface area contributed by atoms with Gasteiger partial charge in [-0.05, 0) is 19.9 Å². The molecule has 5 nitrogen and oxygen atoms in total. The van der Waals surface area contributed by atoms with Crippen molar-refractivity contribution in [1.29, 1.82) is 0 Å². The predicted molar refractivity (Wildman–Crippen MR) is 95.7 cm³/mol. The summed E-state index contributed by atoms with van der Waals surface area (Å²) in [5, 5.41) is 16.4. The topological polar surface area (TPSA) is 60.8 Å². The van der Waals surface area contributed by atoms with Gasteiger partial charge < -0.3 is 15.3 Å². The van der Waals surface area contributed by atoms with Gasteiger partial charge in [0.2, 0.25) is 0 Å². The number of rotatable bonds is 6. The number of aryl methyl sites for hydroxylation is 1. The lowest BCUT2D eigenvalue weighted by Gasteiger charge is -2.21. The molecule has 1 heterocycles. The molecular formula is C17H23FN4OS. The first-order valence-corrected chi connectivity index (χ1v) is 8.72. The quantitative estimate of drug-likeness (QED) is 0.621. The van der Waals surface area contributed by atoms with E-state index in [0.29, 0.717) is 19.0 Å². The van der Waals surface area contributed by atoms with E-state index in [1.165, 1.54) is 6.07 Å². The van der Waals surface area contributed by atoms with Gasteiger partial charge in [0.05, 0.1) is 23.8 Å². The Morgan fingerprint density at radius 1 is 1.46 bits per heavy atom. The minimum atomic E-state index is -0.977. The number of aliphatic hydroxyl groups excluding tert-OH is 1. The summed E-state index contributed by atoms with van der Waals surface area (Å²) in [6, 6.07) is 6.21. The molecule has 1 unspecified atom stereocenters. The molecule has 1 aromatic heterocycles. The second-order valence-corrected chi connectivity index (χ2v) is 6.51. The summed E-state index contributed by atoms with van der Waals surface area (Å²) < 4.78 is 13.7. The lowest BCUT2D eigenvalue weighted by Crippen LogP contribution is -2.38. The predicted octanol–water partition coefficient (Wildman–Crippen LogP) is 2.72. The van der Waals surface area contributed by atoms with Gasteiger partial charge in [-0.1, -0.05) is 18.2 Å². The van der Waals surface area contributed by atoms with Crippen LogP contribution in [-0.4, -0.2) is 41.1 Å². The maximum absolute atomic E-state index is 13.7. The van der Waals surface area contributed by atoms with E-state index in [1.807, 2.05) is 31.2 Å². The van der Waals surface area contributed by atoms with Crippen molar-refractivity contribution in [2.45, 2.75) is 26.5 Å². The lowest BCUT2D eigenvalue weighted by atomic mass is 10.1. The van der Waals surface area contributed by atoms with Gasteiger partial charge in [-0.25, -0.2) is 9.37 Å². The number of aliphatic hydroxyl groups is 1. The molecule has 1 aromatic carbocycles. The second kappa shape index (κ2) is 8.75. The number of hydrogen-bond acceptors (Lipinski definition) is 4. The van der Waals surface area contributed by atoms with Crippen molar-refractivity contribution in [2.75, 3.05) is 20.1 Å². The van der Waals surface area contributed by atoms with Crippen LogP contribution in [0.5, 0.6) is 0 Å². The van der Waals surface area contributed by atoms with Crippen molar-refractivity contribution in [3.63, 3.8) is 0 Å². The second-order valence-electron chi connectivity index (χ2n) is 5.45. The molecule has 0 aliphatic carbocycles. The van der Waals surface area contributed by atoms with E-state index in [9.17, 15) is 9.50 Å². The molecule has 2 aromatic rings. The monoisotopic (exact) mass is 350 g/mol. The molecule has 0 aliphatic rings. The SMILES string of the molecule is CCNC(=NCC(O)c1ccccc1F)N(C)Cc1csc(C)n1. The average molecular weight is 350 g/mol. The Morgan fingerprint density at radius 2 is 2.21 bits per heavy atom. The molecular weight excluding hydrogens is 327 g/mol. The molecule has 0 fully saturated rings. The van der Waals surface area contributed by atoms with E-state index >= 15 is 0 Å². The molecule has 0 aliphatic heterocycles. The molecule has 2 N–H and O–H groups in total. The molecule has 0 saturated heterocycles. The van der Waals surface area contributed by atoms with Crippen molar-refractivity contribution < 1.29 is 9.50 Å². The third-order valence-corrected chi connectivity index (χ3v) is 4.26. The summed E-state index contributed by atoms with van der Waals surface area (Å²) >= 11 is 1.61. The fraction of sp³-hybridized carbons (Fsp3) is 0.412. The standard InChI is InChI=1S/C17H23FN4OS/c1-4-19-17(22(3)10-13-11-24-12(2)21-13)20-9-16(23)14-7-5-6-8-15(14)18/h5-8,11,16,23H,4,9-10H2,1-3H3,(H,19,20). The van der Waals surface area contributed by atoms with Gasteiger partial charge in [0.15, 0.2) is 5.96 Å². The van der Waals surface area contributed by atoms with Crippen LogP contribution in [0.1, 0.15) is 29.3 Å².